The van der Waals surface area contributed by atoms with Gasteiger partial charge in [-0.2, -0.15) is 13.2 Å². The number of likely N-dealkylation sites (tertiary alicyclic amines) is 1. The molecule has 100 valence electrons. The van der Waals surface area contributed by atoms with Gasteiger partial charge in [0.1, 0.15) is 0 Å². The van der Waals surface area contributed by atoms with Crippen molar-refractivity contribution in [3.63, 3.8) is 0 Å². The van der Waals surface area contributed by atoms with Gasteiger partial charge >= 0.3 is 6.18 Å². The zero-order valence-corrected chi connectivity index (χ0v) is 10.3. The quantitative estimate of drug-likeness (QED) is 0.668. The van der Waals surface area contributed by atoms with Crippen molar-refractivity contribution < 1.29 is 17.9 Å². The van der Waals surface area contributed by atoms with E-state index >= 15 is 0 Å². The van der Waals surface area contributed by atoms with Gasteiger partial charge in [0, 0.05) is 6.54 Å². The maximum Gasteiger partial charge on any atom is 0.390 e. The van der Waals surface area contributed by atoms with Gasteiger partial charge in [0.2, 0.25) is 0 Å². The summed E-state index contributed by atoms with van der Waals surface area (Å²) in [5, 5.41) is 0. The molecule has 1 heterocycles. The molecule has 0 unspecified atom stereocenters. The molecule has 0 saturated carbocycles. The zero-order chi connectivity index (χ0) is 11.9. The molecule has 1 fully saturated rings. The van der Waals surface area contributed by atoms with Crippen LogP contribution in [0.25, 0.3) is 0 Å². The zero-order valence-electron chi connectivity index (χ0n) is 10.3. The smallest absolute Gasteiger partial charge is 0.303 e. The summed E-state index contributed by atoms with van der Waals surface area (Å²) in [7, 11) is 0. The highest BCUT2D eigenvalue weighted by Crippen LogP contribution is 2.22. The molecule has 0 N–H and O–H groups in total. The number of hydrogen-bond donors (Lipinski definition) is 0. The number of rotatable bonds is 2. The van der Waals surface area contributed by atoms with Crippen LogP contribution in [0.15, 0.2) is 0 Å². The lowest BCUT2D eigenvalue weighted by Gasteiger charge is -2.30. The molecular formula is C11H23F4N. The third kappa shape index (κ3) is 8.95. The van der Waals surface area contributed by atoms with Gasteiger partial charge in [0.25, 0.3) is 0 Å². The topological polar surface area (TPSA) is 3.24 Å². The van der Waals surface area contributed by atoms with E-state index in [-0.39, 0.29) is 11.2 Å². The molecule has 0 radical (unpaired) electrons. The van der Waals surface area contributed by atoms with Crippen LogP contribution < -0.4 is 0 Å². The first kappa shape index (κ1) is 18.1. The number of halogens is 4. The second-order valence-corrected chi connectivity index (χ2v) is 3.89. The average Bonchev–Trinajstić information content (AvgIpc) is 2.19. The van der Waals surface area contributed by atoms with E-state index < -0.39 is 12.6 Å². The van der Waals surface area contributed by atoms with Crippen molar-refractivity contribution in [3.05, 3.63) is 0 Å². The number of alkyl halides is 3. The summed E-state index contributed by atoms with van der Waals surface area (Å²) in [5.41, 5.74) is 0. The second-order valence-electron chi connectivity index (χ2n) is 3.89. The Morgan fingerprint density at radius 1 is 1.12 bits per heavy atom. The highest BCUT2D eigenvalue weighted by atomic mass is 19.4. The Kier molecular flexibility index (Phi) is 9.92. The number of hydrogen-bond acceptors (Lipinski definition) is 1. The van der Waals surface area contributed by atoms with Crippen LogP contribution >= 0.6 is 0 Å². The van der Waals surface area contributed by atoms with Crippen LogP contribution in [0.3, 0.4) is 0 Å². The summed E-state index contributed by atoms with van der Waals surface area (Å²) >= 11 is 0. The van der Waals surface area contributed by atoms with Gasteiger partial charge in [0.15, 0.2) is 0 Å². The van der Waals surface area contributed by atoms with E-state index in [1.165, 1.54) is 0 Å². The molecule has 0 spiro atoms. The van der Waals surface area contributed by atoms with E-state index in [2.05, 4.69) is 6.92 Å². The van der Waals surface area contributed by atoms with Gasteiger partial charge in [-0.15, -0.1) is 0 Å². The third-order valence-electron chi connectivity index (χ3n) is 2.59. The van der Waals surface area contributed by atoms with Crippen molar-refractivity contribution in [3.8, 4) is 0 Å². The van der Waals surface area contributed by atoms with Crippen LogP contribution in [0.5, 0.6) is 0 Å². The van der Waals surface area contributed by atoms with Gasteiger partial charge < -0.3 is 4.90 Å². The van der Waals surface area contributed by atoms with E-state index in [0.29, 0.717) is 5.92 Å². The Labute approximate surface area is 95.4 Å². The van der Waals surface area contributed by atoms with Crippen molar-refractivity contribution >= 4 is 0 Å². The molecule has 0 aliphatic carbocycles. The Morgan fingerprint density at radius 2 is 1.56 bits per heavy atom. The molecule has 0 aromatic carbocycles. The van der Waals surface area contributed by atoms with E-state index in [0.717, 1.165) is 25.9 Å². The molecule has 16 heavy (non-hydrogen) atoms. The lowest BCUT2D eigenvalue weighted by molar-refractivity contribution is -0.138. The molecule has 1 saturated heterocycles. The van der Waals surface area contributed by atoms with Gasteiger partial charge in [-0.1, -0.05) is 20.8 Å². The van der Waals surface area contributed by atoms with E-state index in [9.17, 15) is 13.2 Å². The summed E-state index contributed by atoms with van der Waals surface area (Å²) in [5.74, 6) is 0.683. The molecule has 0 aromatic heterocycles. The van der Waals surface area contributed by atoms with Crippen molar-refractivity contribution in [1.82, 2.24) is 4.90 Å². The molecule has 0 aromatic rings. The van der Waals surface area contributed by atoms with E-state index in [4.69, 9.17) is 0 Å². The first-order valence-electron chi connectivity index (χ1n) is 5.76. The highest BCUT2D eigenvalue weighted by molar-refractivity contribution is 4.70. The van der Waals surface area contributed by atoms with Gasteiger partial charge in [-0.25, -0.2) is 0 Å². The van der Waals surface area contributed by atoms with Gasteiger partial charge in [-0.3, -0.25) is 4.70 Å². The molecule has 1 aliphatic heterocycles. The van der Waals surface area contributed by atoms with E-state index in [1.54, 1.807) is 0 Å². The molecule has 1 rings (SSSR count). The molecule has 5 heteroatoms. The fraction of sp³-hybridized carbons (Fsp3) is 1.00. The van der Waals surface area contributed by atoms with Crippen molar-refractivity contribution in [2.45, 2.75) is 46.2 Å². The van der Waals surface area contributed by atoms with Crippen molar-refractivity contribution in [1.29, 1.82) is 0 Å². The lowest BCUT2D eigenvalue weighted by Crippen LogP contribution is -2.35. The second kappa shape index (κ2) is 8.79. The van der Waals surface area contributed by atoms with Crippen molar-refractivity contribution in [2.75, 3.05) is 19.6 Å². The predicted molar refractivity (Wildman–Crippen MR) is 59.4 cm³/mol. The van der Waals surface area contributed by atoms with E-state index in [1.807, 2.05) is 18.7 Å². The third-order valence-corrected chi connectivity index (χ3v) is 2.59. The maximum atomic E-state index is 11.9. The van der Waals surface area contributed by atoms with Crippen LogP contribution in [0, 0.1) is 5.92 Å². The largest absolute Gasteiger partial charge is 0.390 e. The average molecular weight is 245 g/mol. The number of nitrogens with zero attached hydrogens (tertiary/aromatic N) is 1. The van der Waals surface area contributed by atoms with Gasteiger partial charge in [0.05, 0.1) is 6.42 Å². The molecule has 0 amide bonds. The van der Waals surface area contributed by atoms with Crippen LogP contribution in [0.1, 0.15) is 40.0 Å². The predicted octanol–water partition coefficient (Wildman–Crippen LogP) is 3.85. The summed E-state index contributed by atoms with van der Waals surface area (Å²) in [6.45, 7) is 7.99. The first-order valence-corrected chi connectivity index (χ1v) is 5.76. The normalized spacial score (nSPS) is 18.4. The first-order chi connectivity index (χ1) is 6.97. The standard InChI is InChI=1S/C9H16F3N.C2H6.FH/c1-8-2-5-13(6-3-8)7-4-9(10,11)12;1-2;/h8H,2-7H2,1H3;1-2H3;1H. The van der Waals surface area contributed by atoms with Crippen LogP contribution in [0.2, 0.25) is 0 Å². The van der Waals surface area contributed by atoms with Crippen LogP contribution in [-0.4, -0.2) is 30.7 Å². The minimum atomic E-state index is -4.00. The Bertz CT molecular complexity index is 151. The minimum absolute atomic E-state index is 0. The molecule has 0 atom stereocenters. The lowest BCUT2D eigenvalue weighted by atomic mass is 9.99. The summed E-state index contributed by atoms with van der Waals surface area (Å²) in [4.78, 5) is 1.91. The summed E-state index contributed by atoms with van der Waals surface area (Å²) < 4.78 is 35.6. The summed E-state index contributed by atoms with van der Waals surface area (Å²) in [6, 6.07) is 0. The maximum absolute atomic E-state index is 11.9. The molecule has 0 bridgehead atoms. The number of piperidine rings is 1. The van der Waals surface area contributed by atoms with Crippen LogP contribution in [0.4, 0.5) is 17.9 Å². The Morgan fingerprint density at radius 3 is 1.94 bits per heavy atom. The highest BCUT2D eigenvalue weighted by Gasteiger charge is 2.28. The monoisotopic (exact) mass is 245 g/mol. The van der Waals surface area contributed by atoms with Crippen molar-refractivity contribution in [2.24, 2.45) is 5.92 Å². The van der Waals surface area contributed by atoms with Gasteiger partial charge in [-0.05, 0) is 31.8 Å². The Balaban J connectivity index is 0. The Hall–Kier alpha value is -0.320. The fourth-order valence-electron chi connectivity index (χ4n) is 1.57. The fourth-order valence-corrected chi connectivity index (χ4v) is 1.57. The molecule has 1 nitrogen and oxygen atoms in total. The molecule has 1 aliphatic rings. The van der Waals surface area contributed by atoms with Crippen LogP contribution in [-0.2, 0) is 0 Å². The summed E-state index contributed by atoms with van der Waals surface area (Å²) in [6.07, 6.45) is -2.58. The minimum Gasteiger partial charge on any atom is -0.303 e. The molecular weight excluding hydrogens is 222 g/mol. The SMILES string of the molecule is CC.CC1CCN(CCC(F)(F)F)CC1.F.